The zero-order chi connectivity index (χ0) is 17.0. The summed E-state index contributed by atoms with van der Waals surface area (Å²) in [5.74, 6) is 0. The van der Waals surface area contributed by atoms with E-state index in [0.717, 1.165) is 39.1 Å². The quantitative estimate of drug-likeness (QED) is 0.745. The lowest BCUT2D eigenvalue weighted by Gasteiger charge is -2.53. The fraction of sp³-hybridized carbons (Fsp3) is 0.714. The number of rotatable bonds is 7. The van der Waals surface area contributed by atoms with Crippen molar-refractivity contribution in [3.05, 3.63) is 35.9 Å². The minimum absolute atomic E-state index is 0.00550. The topological polar surface area (TPSA) is 36.9 Å². The maximum Gasteiger partial charge on any atom is 0.157 e. The molecule has 0 spiro atoms. The van der Waals surface area contributed by atoms with Crippen LogP contribution in [0, 0.1) is 5.41 Å². The third-order valence-corrected chi connectivity index (χ3v) is 6.10. The molecule has 3 aliphatic heterocycles. The highest BCUT2D eigenvalue weighted by molar-refractivity contribution is 5.13. The van der Waals surface area contributed by atoms with Gasteiger partial charge in [0.15, 0.2) is 6.29 Å². The number of ether oxygens (including phenoxy) is 4. The highest BCUT2D eigenvalue weighted by Crippen LogP contribution is 2.49. The summed E-state index contributed by atoms with van der Waals surface area (Å²) in [7, 11) is 0. The normalized spacial score (nSPS) is 35.0. The maximum absolute atomic E-state index is 6.30. The summed E-state index contributed by atoms with van der Waals surface area (Å²) >= 11 is 0. The first-order valence-electron chi connectivity index (χ1n) is 9.77. The Morgan fingerprint density at radius 3 is 2.52 bits per heavy atom. The number of hydrogen-bond acceptors (Lipinski definition) is 4. The molecule has 0 amide bonds. The van der Waals surface area contributed by atoms with Crippen LogP contribution in [-0.2, 0) is 25.6 Å². The van der Waals surface area contributed by atoms with Gasteiger partial charge in [0.05, 0.1) is 32.0 Å². The summed E-state index contributed by atoms with van der Waals surface area (Å²) in [6.45, 7) is 3.78. The molecule has 138 valence electrons. The summed E-state index contributed by atoms with van der Waals surface area (Å²) in [6.07, 6.45) is 7.94. The van der Waals surface area contributed by atoms with E-state index in [0.29, 0.717) is 13.2 Å². The number of benzene rings is 1. The average Bonchev–Trinajstić information content (AvgIpc) is 2.70. The minimum Gasteiger partial charge on any atom is -0.374 e. The largest absolute Gasteiger partial charge is 0.374 e. The second-order valence-electron chi connectivity index (χ2n) is 8.06. The van der Waals surface area contributed by atoms with Crippen LogP contribution in [0.25, 0.3) is 0 Å². The first-order chi connectivity index (χ1) is 12.3. The molecule has 5 rings (SSSR count). The van der Waals surface area contributed by atoms with Crippen LogP contribution in [0.3, 0.4) is 0 Å². The smallest absolute Gasteiger partial charge is 0.157 e. The van der Waals surface area contributed by atoms with Gasteiger partial charge in [-0.1, -0.05) is 30.3 Å². The fourth-order valence-electron chi connectivity index (χ4n) is 4.24. The lowest BCUT2D eigenvalue weighted by molar-refractivity contribution is -0.242. The summed E-state index contributed by atoms with van der Waals surface area (Å²) in [6, 6.07) is 10.4. The maximum atomic E-state index is 6.30. The van der Waals surface area contributed by atoms with Crippen LogP contribution in [0.1, 0.15) is 50.5 Å². The Hall–Kier alpha value is -0.940. The van der Waals surface area contributed by atoms with E-state index in [-0.39, 0.29) is 17.3 Å². The van der Waals surface area contributed by atoms with Crippen molar-refractivity contribution in [2.24, 2.45) is 5.41 Å². The van der Waals surface area contributed by atoms with Gasteiger partial charge in [0.2, 0.25) is 0 Å². The fourth-order valence-corrected chi connectivity index (χ4v) is 4.24. The number of hydrogen-bond donors (Lipinski definition) is 0. The molecule has 4 nitrogen and oxygen atoms in total. The Kier molecular flexibility index (Phi) is 5.41. The van der Waals surface area contributed by atoms with Crippen molar-refractivity contribution >= 4 is 0 Å². The summed E-state index contributed by atoms with van der Waals surface area (Å²) in [4.78, 5) is 0. The van der Waals surface area contributed by atoms with E-state index >= 15 is 0 Å². The summed E-state index contributed by atoms with van der Waals surface area (Å²) < 4.78 is 24.1. The molecule has 4 fully saturated rings. The van der Waals surface area contributed by atoms with Crippen molar-refractivity contribution in [3.63, 3.8) is 0 Å². The van der Waals surface area contributed by atoms with Crippen LogP contribution in [-0.4, -0.2) is 38.3 Å². The van der Waals surface area contributed by atoms with Gasteiger partial charge in [-0.25, -0.2) is 0 Å². The predicted octanol–water partition coefficient (Wildman–Crippen LogP) is 4.08. The Bertz CT molecular complexity index is 514. The lowest BCUT2D eigenvalue weighted by atomic mass is 9.66. The second-order valence-corrected chi connectivity index (χ2v) is 8.06. The summed E-state index contributed by atoms with van der Waals surface area (Å²) in [5.41, 5.74) is 1.35. The molecule has 0 N–H and O–H groups in total. The molecule has 4 heteroatoms. The van der Waals surface area contributed by atoms with Crippen LogP contribution in [0.2, 0.25) is 0 Å². The van der Waals surface area contributed by atoms with Crippen LogP contribution in [0.4, 0.5) is 0 Å². The molecular weight excluding hydrogens is 316 g/mol. The Labute approximate surface area is 150 Å². The minimum atomic E-state index is -0.0716. The van der Waals surface area contributed by atoms with Gasteiger partial charge in [0.25, 0.3) is 0 Å². The van der Waals surface area contributed by atoms with Gasteiger partial charge in [-0.3, -0.25) is 0 Å². The van der Waals surface area contributed by atoms with E-state index in [2.05, 4.69) is 24.3 Å². The van der Waals surface area contributed by atoms with Crippen molar-refractivity contribution in [2.45, 2.75) is 63.4 Å². The van der Waals surface area contributed by atoms with Crippen LogP contribution in [0.15, 0.2) is 30.3 Å². The van der Waals surface area contributed by atoms with Gasteiger partial charge in [0.1, 0.15) is 0 Å². The van der Waals surface area contributed by atoms with E-state index < -0.39 is 0 Å². The third-order valence-electron chi connectivity index (χ3n) is 6.10. The van der Waals surface area contributed by atoms with Gasteiger partial charge in [-0.2, -0.15) is 0 Å². The zero-order valence-electron chi connectivity index (χ0n) is 15.1. The highest BCUT2D eigenvalue weighted by atomic mass is 16.7. The predicted molar refractivity (Wildman–Crippen MR) is 95.2 cm³/mol. The molecule has 1 unspecified atom stereocenters. The second kappa shape index (κ2) is 7.75. The molecule has 0 aromatic heterocycles. The first kappa shape index (κ1) is 17.5. The Morgan fingerprint density at radius 1 is 1.00 bits per heavy atom. The molecule has 25 heavy (non-hydrogen) atoms. The Balaban J connectivity index is 1.22. The molecular formula is C21H30O4. The SMILES string of the molecule is c1ccc(COCC23CCC(COC4CCCCO4)(CC2)CO3)cc1. The van der Waals surface area contributed by atoms with E-state index in [9.17, 15) is 0 Å². The van der Waals surface area contributed by atoms with Gasteiger partial charge < -0.3 is 18.9 Å². The first-order valence-corrected chi connectivity index (χ1v) is 9.77. The van der Waals surface area contributed by atoms with Gasteiger partial charge in [0, 0.05) is 12.0 Å². The average molecular weight is 346 g/mol. The monoisotopic (exact) mass is 346 g/mol. The van der Waals surface area contributed by atoms with E-state index in [1.54, 1.807) is 0 Å². The molecule has 4 aliphatic rings. The van der Waals surface area contributed by atoms with Crippen molar-refractivity contribution in [1.82, 2.24) is 0 Å². The van der Waals surface area contributed by atoms with Gasteiger partial charge in [-0.15, -0.1) is 0 Å². The molecule has 1 aliphatic carbocycles. The third kappa shape index (κ3) is 4.25. The lowest BCUT2D eigenvalue weighted by Crippen LogP contribution is -2.55. The number of fused-ring (bicyclic) bond motifs is 3. The van der Waals surface area contributed by atoms with Crippen molar-refractivity contribution in [1.29, 1.82) is 0 Å². The van der Waals surface area contributed by atoms with Crippen LogP contribution in [0.5, 0.6) is 0 Å². The molecule has 1 aromatic carbocycles. The molecule has 1 atom stereocenters. The van der Waals surface area contributed by atoms with Gasteiger partial charge in [-0.05, 0) is 50.5 Å². The van der Waals surface area contributed by atoms with Crippen LogP contribution >= 0.6 is 0 Å². The summed E-state index contributed by atoms with van der Waals surface area (Å²) in [5, 5.41) is 0. The molecule has 3 heterocycles. The molecule has 0 radical (unpaired) electrons. The van der Waals surface area contributed by atoms with E-state index in [1.165, 1.54) is 31.2 Å². The standard InChI is InChI=1S/C21H30O4/c1-2-6-18(7-3-1)14-22-17-21-11-9-20(10-12-21,16-25-21)15-24-19-8-4-5-13-23-19/h1-3,6-7,19H,4-5,8-17H2. The zero-order valence-corrected chi connectivity index (χ0v) is 15.1. The highest BCUT2D eigenvalue weighted by Gasteiger charge is 2.50. The van der Waals surface area contributed by atoms with Crippen LogP contribution < -0.4 is 0 Å². The molecule has 3 saturated heterocycles. The molecule has 1 saturated carbocycles. The van der Waals surface area contributed by atoms with E-state index in [1.807, 2.05) is 6.07 Å². The Morgan fingerprint density at radius 2 is 1.84 bits per heavy atom. The molecule has 2 bridgehead atoms. The van der Waals surface area contributed by atoms with Crippen molar-refractivity contribution in [2.75, 3.05) is 26.4 Å². The van der Waals surface area contributed by atoms with Gasteiger partial charge >= 0.3 is 0 Å². The van der Waals surface area contributed by atoms with E-state index in [4.69, 9.17) is 18.9 Å². The van der Waals surface area contributed by atoms with Crippen molar-refractivity contribution < 1.29 is 18.9 Å². The van der Waals surface area contributed by atoms with Crippen molar-refractivity contribution in [3.8, 4) is 0 Å². The molecule has 1 aromatic rings.